The summed E-state index contributed by atoms with van der Waals surface area (Å²) in [4.78, 5) is 0. The first-order valence-electron chi connectivity index (χ1n) is 7.66. The molecule has 0 heterocycles. The first kappa shape index (κ1) is 14.2. The highest BCUT2D eigenvalue weighted by Gasteiger charge is 2.26. The Bertz CT molecular complexity index is 635. The normalized spacial score (nSPS) is 18.9. The van der Waals surface area contributed by atoms with Crippen LogP contribution in [0.2, 0.25) is 0 Å². The molecule has 0 aromatic heterocycles. The average Bonchev–Trinajstić information content (AvgIpc) is 2.53. The van der Waals surface area contributed by atoms with Gasteiger partial charge in [-0.3, -0.25) is 0 Å². The molecule has 0 fully saturated rings. The maximum atomic E-state index is 6.59. The Morgan fingerprint density at radius 1 is 1.14 bits per heavy atom. The summed E-state index contributed by atoms with van der Waals surface area (Å²) in [6.07, 6.45) is 3.34. The van der Waals surface area contributed by atoms with E-state index in [1.165, 1.54) is 16.7 Å². The molecule has 0 radical (unpaired) electrons. The van der Waals surface area contributed by atoms with Crippen LogP contribution in [0.4, 0.5) is 0 Å². The second kappa shape index (κ2) is 5.90. The van der Waals surface area contributed by atoms with Crippen LogP contribution in [0.3, 0.4) is 0 Å². The topological polar surface area (TPSA) is 35.2 Å². The van der Waals surface area contributed by atoms with Crippen molar-refractivity contribution in [1.82, 2.24) is 0 Å². The van der Waals surface area contributed by atoms with Gasteiger partial charge in [0.05, 0.1) is 7.11 Å². The first-order chi connectivity index (χ1) is 10.2. The van der Waals surface area contributed by atoms with Crippen molar-refractivity contribution in [2.45, 2.75) is 32.2 Å². The van der Waals surface area contributed by atoms with Crippen LogP contribution in [0.15, 0.2) is 42.5 Å². The van der Waals surface area contributed by atoms with Gasteiger partial charge in [-0.15, -0.1) is 0 Å². The van der Waals surface area contributed by atoms with E-state index in [2.05, 4.69) is 43.3 Å². The lowest BCUT2D eigenvalue weighted by Gasteiger charge is -2.30. The van der Waals surface area contributed by atoms with Gasteiger partial charge in [-0.1, -0.05) is 42.0 Å². The Hall–Kier alpha value is -1.80. The third kappa shape index (κ3) is 2.81. The average molecular weight is 281 g/mol. The quantitative estimate of drug-likeness (QED) is 0.928. The Labute approximate surface area is 126 Å². The molecule has 1 aliphatic carbocycles. The SMILES string of the molecule is COc1ccc(C)cc1C(N)C1CCc2ccccc2C1. The molecule has 0 aliphatic heterocycles. The second-order valence-corrected chi connectivity index (χ2v) is 6.04. The molecule has 0 bridgehead atoms. The summed E-state index contributed by atoms with van der Waals surface area (Å²) in [5.74, 6) is 1.39. The molecule has 2 unspecified atom stereocenters. The summed E-state index contributed by atoms with van der Waals surface area (Å²) in [5.41, 5.74) is 11.9. The number of hydrogen-bond donors (Lipinski definition) is 1. The fourth-order valence-corrected chi connectivity index (χ4v) is 3.40. The van der Waals surface area contributed by atoms with Gasteiger partial charge in [0.1, 0.15) is 5.75 Å². The molecule has 2 N–H and O–H groups in total. The van der Waals surface area contributed by atoms with Gasteiger partial charge in [0.2, 0.25) is 0 Å². The molecule has 0 amide bonds. The van der Waals surface area contributed by atoms with Crippen molar-refractivity contribution in [2.24, 2.45) is 11.7 Å². The van der Waals surface area contributed by atoms with Gasteiger partial charge in [-0.05, 0) is 49.3 Å². The molecule has 0 saturated carbocycles. The van der Waals surface area contributed by atoms with Crippen molar-refractivity contribution < 1.29 is 4.74 Å². The maximum Gasteiger partial charge on any atom is 0.123 e. The van der Waals surface area contributed by atoms with E-state index in [1.807, 2.05) is 6.07 Å². The van der Waals surface area contributed by atoms with E-state index < -0.39 is 0 Å². The fourth-order valence-electron chi connectivity index (χ4n) is 3.40. The van der Waals surface area contributed by atoms with Crippen LogP contribution in [-0.2, 0) is 12.8 Å². The lowest BCUT2D eigenvalue weighted by atomic mass is 9.78. The zero-order valence-electron chi connectivity index (χ0n) is 12.8. The van der Waals surface area contributed by atoms with Crippen molar-refractivity contribution in [3.8, 4) is 5.75 Å². The number of hydrogen-bond acceptors (Lipinski definition) is 2. The Morgan fingerprint density at radius 2 is 1.90 bits per heavy atom. The molecular weight excluding hydrogens is 258 g/mol. The molecule has 1 aliphatic rings. The number of benzene rings is 2. The van der Waals surface area contributed by atoms with Crippen molar-refractivity contribution >= 4 is 0 Å². The highest BCUT2D eigenvalue weighted by atomic mass is 16.5. The molecule has 0 spiro atoms. The van der Waals surface area contributed by atoms with Crippen molar-refractivity contribution in [3.63, 3.8) is 0 Å². The summed E-state index contributed by atoms with van der Waals surface area (Å²) >= 11 is 0. The predicted octanol–water partition coefficient (Wildman–Crippen LogP) is 3.81. The third-order valence-corrected chi connectivity index (χ3v) is 4.64. The monoisotopic (exact) mass is 281 g/mol. The Balaban J connectivity index is 1.87. The number of rotatable bonds is 3. The van der Waals surface area contributed by atoms with Gasteiger partial charge in [0.25, 0.3) is 0 Å². The Morgan fingerprint density at radius 3 is 2.67 bits per heavy atom. The smallest absolute Gasteiger partial charge is 0.123 e. The zero-order chi connectivity index (χ0) is 14.8. The highest BCUT2D eigenvalue weighted by molar-refractivity contribution is 5.40. The molecule has 21 heavy (non-hydrogen) atoms. The van der Waals surface area contributed by atoms with E-state index in [4.69, 9.17) is 10.5 Å². The standard InChI is InChI=1S/C19H23NO/c1-13-7-10-18(21-2)17(11-13)19(20)16-9-8-14-5-3-4-6-15(14)12-16/h3-7,10-11,16,19H,8-9,12,20H2,1-2H3. The maximum absolute atomic E-state index is 6.59. The number of fused-ring (bicyclic) bond motifs is 1. The van der Waals surface area contributed by atoms with Crippen molar-refractivity contribution in [1.29, 1.82) is 0 Å². The van der Waals surface area contributed by atoms with Crippen LogP contribution in [0.5, 0.6) is 5.75 Å². The first-order valence-corrected chi connectivity index (χ1v) is 7.66. The van der Waals surface area contributed by atoms with Crippen molar-refractivity contribution in [2.75, 3.05) is 7.11 Å². The van der Waals surface area contributed by atoms with Gasteiger partial charge in [-0.25, -0.2) is 0 Å². The summed E-state index contributed by atoms with van der Waals surface area (Å²) in [6, 6.07) is 15.0. The van der Waals surface area contributed by atoms with Gasteiger partial charge >= 0.3 is 0 Å². The zero-order valence-corrected chi connectivity index (χ0v) is 12.8. The number of nitrogens with two attached hydrogens (primary N) is 1. The lowest BCUT2D eigenvalue weighted by Crippen LogP contribution is -2.27. The minimum Gasteiger partial charge on any atom is -0.496 e. The predicted molar refractivity (Wildman–Crippen MR) is 86.6 cm³/mol. The van der Waals surface area contributed by atoms with Crippen LogP contribution in [0, 0.1) is 12.8 Å². The molecule has 2 aromatic rings. The van der Waals surface area contributed by atoms with Crippen LogP contribution < -0.4 is 10.5 Å². The second-order valence-electron chi connectivity index (χ2n) is 6.04. The van der Waals surface area contributed by atoms with Gasteiger partial charge in [0.15, 0.2) is 0 Å². The van der Waals surface area contributed by atoms with E-state index in [9.17, 15) is 0 Å². The lowest BCUT2D eigenvalue weighted by molar-refractivity contribution is 0.359. The molecule has 0 saturated heterocycles. The van der Waals surface area contributed by atoms with E-state index in [1.54, 1.807) is 7.11 Å². The van der Waals surface area contributed by atoms with Crippen LogP contribution in [-0.4, -0.2) is 7.11 Å². The fraction of sp³-hybridized carbons (Fsp3) is 0.368. The van der Waals surface area contributed by atoms with E-state index in [0.29, 0.717) is 5.92 Å². The van der Waals surface area contributed by atoms with Gasteiger partial charge in [-0.2, -0.15) is 0 Å². The van der Waals surface area contributed by atoms with Crippen molar-refractivity contribution in [3.05, 3.63) is 64.7 Å². The van der Waals surface area contributed by atoms with Gasteiger partial charge < -0.3 is 10.5 Å². The summed E-state index contributed by atoms with van der Waals surface area (Å²) in [7, 11) is 1.72. The number of ether oxygens (including phenoxy) is 1. The summed E-state index contributed by atoms with van der Waals surface area (Å²) in [6.45, 7) is 2.10. The summed E-state index contributed by atoms with van der Waals surface area (Å²) < 4.78 is 5.50. The molecule has 2 atom stereocenters. The molecule has 2 heteroatoms. The Kier molecular flexibility index (Phi) is 3.98. The minimum atomic E-state index is 0.0354. The summed E-state index contributed by atoms with van der Waals surface area (Å²) in [5, 5.41) is 0. The van der Waals surface area contributed by atoms with E-state index in [0.717, 1.165) is 30.6 Å². The van der Waals surface area contributed by atoms with E-state index >= 15 is 0 Å². The van der Waals surface area contributed by atoms with Crippen LogP contribution in [0.25, 0.3) is 0 Å². The van der Waals surface area contributed by atoms with E-state index in [-0.39, 0.29) is 6.04 Å². The molecule has 3 rings (SSSR count). The number of aryl methyl sites for hydroxylation is 2. The van der Waals surface area contributed by atoms with Crippen LogP contribution in [0.1, 0.15) is 34.7 Å². The molecule has 2 nitrogen and oxygen atoms in total. The van der Waals surface area contributed by atoms with Gasteiger partial charge in [0, 0.05) is 11.6 Å². The molecular formula is C19H23NO. The third-order valence-electron chi connectivity index (χ3n) is 4.64. The van der Waals surface area contributed by atoms with Crippen LogP contribution >= 0.6 is 0 Å². The number of methoxy groups -OCH3 is 1. The molecule has 2 aromatic carbocycles. The largest absolute Gasteiger partial charge is 0.496 e. The molecule has 110 valence electrons. The minimum absolute atomic E-state index is 0.0354. The highest BCUT2D eigenvalue weighted by Crippen LogP contribution is 2.36.